The van der Waals surface area contributed by atoms with Crippen molar-refractivity contribution < 1.29 is 4.79 Å². The van der Waals surface area contributed by atoms with Crippen molar-refractivity contribution in [3.8, 4) is 5.95 Å². The quantitative estimate of drug-likeness (QED) is 0.777. The van der Waals surface area contributed by atoms with Gasteiger partial charge in [0.05, 0.1) is 12.1 Å². The summed E-state index contributed by atoms with van der Waals surface area (Å²) in [6.45, 7) is 12.8. The first kappa shape index (κ1) is 23.3. The molecule has 1 aliphatic heterocycles. The molecular formula is C21H33ClN6O. The average molecular weight is 421 g/mol. The van der Waals surface area contributed by atoms with E-state index < -0.39 is 0 Å². The van der Waals surface area contributed by atoms with Gasteiger partial charge in [-0.3, -0.25) is 4.79 Å². The van der Waals surface area contributed by atoms with Gasteiger partial charge in [0.2, 0.25) is 5.91 Å². The maximum absolute atomic E-state index is 13.2. The zero-order valence-corrected chi connectivity index (χ0v) is 19.0. The molecule has 0 radical (unpaired) electrons. The minimum Gasteiger partial charge on any atom is -0.339 e. The Balaban J connectivity index is 0.00000300. The van der Waals surface area contributed by atoms with Crippen LogP contribution in [0, 0.1) is 27.7 Å². The normalized spacial score (nSPS) is 14.5. The number of carbonyl (C=O) groups is 1. The Morgan fingerprint density at radius 2 is 1.79 bits per heavy atom. The number of halogens is 1. The third-order valence-electron chi connectivity index (χ3n) is 5.46. The number of aryl methyl sites for hydroxylation is 3. The zero-order chi connectivity index (χ0) is 20.3. The molecular weight excluding hydrogens is 388 g/mol. The second-order valence-electron chi connectivity index (χ2n) is 7.76. The summed E-state index contributed by atoms with van der Waals surface area (Å²) in [6.07, 6.45) is 3.41. The van der Waals surface area contributed by atoms with E-state index >= 15 is 0 Å². The molecule has 1 fully saturated rings. The van der Waals surface area contributed by atoms with Crippen molar-refractivity contribution in [2.45, 2.75) is 66.3 Å². The molecule has 3 rings (SSSR count). The molecule has 1 saturated heterocycles. The van der Waals surface area contributed by atoms with Gasteiger partial charge in [0, 0.05) is 35.2 Å². The van der Waals surface area contributed by atoms with Gasteiger partial charge in [-0.15, -0.1) is 12.4 Å². The number of nitrogens with one attached hydrogen (secondary N) is 1. The number of carbonyl (C=O) groups excluding carboxylic acids is 1. The van der Waals surface area contributed by atoms with Crippen molar-refractivity contribution >= 4 is 18.3 Å². The van der Waals surface area contributed by atoms with Crippen LogP contribution in [0.4, 0.5) is 0 Å². The van der Waals surface area contributed by atoms with Gasteiger partial charge >= 0.3 is 0 Å². The highest BCUT2D eigenvalue weighted by atomic mass is 35.5. The third-order valence-corrected chi connectivity index (χ3v) is 5.46. The van der Waals surface area contributed by atoms with Gasteiger partial charge in [-0.05, 0) is 66.1 Å². The van der Waals surface area contributed by atoms with Crippen molar-refractivity contribution in [3.05, 3.63) is 34.4 Å². The topological polar surface area (TPSA) is 75.9 Å². The van der Waals surface area contributed by atoms with Crippen LogP contribution in [0.5, 0.6) is 0 Å². The Morgan fingerprint density at radius 1 is 1.17 bits per heavy atom. The van der Waals surface area contributed by atoms with E-state index in [2.05, 4.69) is 32.2 Å². The lowest BCUT2D eigenvalue weighted by Crippen LogP contribution is -2.47. The number of rotatable bonds is 6. The molecule has 0 aliphatic carbocycles. The SMILES string of the molecule is CCCN(C(=O)Cc1c(C)nn(-c2nc(C)cc(C)n2)c1C)C1CCNCC1.Cl. The lowest BCUT2D eigenvalue weighted by molar-refractivity contribution is -0.133. The fourth-order valence-corrected chi connectivity index (χ4v) is 4.05. The molecule has 7 nitrogen and oxygen atoms in total. The summed E-state index contributed by atoms with van der Waals surface area (Å²) in [7, 11) is 0. The van der Waals surface area contributed by atoms with Gasteiger partial charge in [-0.25, -0.2) is 14.6 Å². The van der Waals surface area contributed by atoms with Crippen molar-refractivity contribution in [1.29, 1.82) is 0 Å². The standard InChI is InChI=1S/C21H32N6O.ClH/c1-6-11-26(18-7-9-22-10-8-18)20(28)13-19-16(4)25-27(17(19)5)21-23-14(2)12-15(3)24-21;/h12,18,22H,6-11,13H2,1-5H3;1H. The first-order valence-corrected chi connectivity index (χ1v) is 10.3. The summed E-state index contributed by atoms with van der Waals surface area (Å²) >= 11 is 0. The third kappa shape index (κ3) is 5.34. The molecule has 3 heterocycles. The van der Waals surface area contributed by atoms with E-state index in [-0.39, 0.29) is 18.3 Å². The van der Waals surface area contributed by atoms with E-state index in [0.717, 1.165) is 67.2 Å². The van der Waals surface area contributed by atoms with E-state index in [1.54, 1.807) is 4.68 Å². The molecule has 8 heteroatoms. The smallest absolute Gasteiger partial charge is 0.251 e. The molecule has 1 aliphatic rings. The van der Waals surface area contributed by atoms with Crippen molar-refractivity contribution in [1.82, 2.24) is 30.0 Å². The van der Waals surface area contributed by atoms with E-state index in [1.165, 1.54) is 0 Å². The van der Waals surface area contributed by atoms with Gasteiger partial charge in [0.15, 0.2) is 0 Å². The van der Waals surface area contributed by atoms with Crippen molar-refractivity contribution in [2.75, 3.05) is 19.6 Å². The maximum Gasteiger partial charge on any atom is 0.251 e. The number of aromatic nitrogens is 4. The molecule has 0 spiro atoms. The molecule has 0 bridgehead atoms. The minimum absolute atomic E-state index is 0. The average Bonchev–Trinajstić information content (AvgIpc) is 2.94. The van der Waals surface area contributed by atoms with E-state index in [0.29, 0.717) is 18.4 Å². The molecule has 29 heavy (non-hydrogen) atoms. The highest BCUT2D eigenvalue weighted by Gasteiger charge is 2.26. The van der Waals surface area contributed by atoms with Crippen molar-refractivity contribution in [3.63, 3.8) is 0 Å². The Hall–Kier alpha value is -1.99. The fraction of sp³-hybridized carbons (Fsp3) is 0.619. The predicted octanol–water partition coefficient (Wildman–Crippen LogP) is 2.85. The molecule has 160 valence electrons. The molecule has 1 N–H and O–H groups in total. The minimum atomic E-state index is 0. The Labute approximate surface area is 179 Å². The van der Waals surface area contributed by atoms with Gasteiger partial charge in [0.1, 0.15) is 0 Å². The van der Waals surface area contributed by atoms with Crippen LogP contribution >= 0.6 is 12.4 Å². The number of hydrogen-bond acceptors (Lipinski definition) is 5. The summed E-state index contributed by atoms with van der Waals surface area (Å²) in [5, 5.41) is 8.03. The predicted molar refractivity (Wildman–Crippen MR) is 117 cm³/mol. The van der Waals surface area contributed by atoms with Crippen LogP contribution in [0.15, 0.2) is 6.07 Å². The molecule has 2 aromatic rings. The van der Waals surface area contributed by atoms with E-state index in [1.807, 2.05) is 33.8 Å². The van der Waals surface area contributed by atoms with Gasteiger partial charge < -0.3 is 10.2 Å². The molecule has 0 aromatic carbocycles. The molecule has 1 amide bonds. The van der Waals surface area contributed by atoms with Crippen LogP contribution in [0.1, 0.15) is 54.5 Å². The van der Waals surface area contributed by atoms with Crippen LogP contribution in [0.3, 0.4) is 0 Å². The summed E-state index contributed by atoms with van der Waals surface area (Å²) in [4.78, 5) is 24.3. The molecule has 0 saturated carbocycles. The number of amides is 1. The second kappa shape index (κ2) is 10.2. The number of hydrogen-bond donors (Lipinski definition) is 1. The Kier molecular flexibility index (Phi) is 8.16. The summed E-state index contributed by atoms with van der Waals surface area (Å²) in [5.74, 6) is 0.765. The highest BCUT2D eigenvalue weighted by Crippen LogP contribution is 2.20. The Morgan fingerprint density at radius 3 is 2.38 bits per heavy atom. The molecule has 2 aromatic heterocycles. The van der Waals surface area contributed by atoms with Crippen LogP contribution < -0.4 is 5.32 Å². The maximum atomic E-state index is 13.2. The van der Waals surface area contributed by atoms with Gasteiger partial charge in [-0.2, -0.15) is 5.10 Å². The fourth-order valence-electron chi connectivity index (χ4n) is 4.05. The van der Waals surface area contributed by atoms with Crippen molar-refractivity contribution in [2.24, 2.45) is 0 Å². The highest BCUT2D eigenvalue weighted by molar-refractivity contribution is 5.85. The molecule has 0 unspecified atom stereocenters. The zero-order valence-electron chi connectivity index (χ0n) is 18.2. The lowest BCUT2D eigenvalue weighted by Gasteiger charge is -2.34. The summed E-state index contributed by atoms with van der Waals surface area (Å²) in [5.41, 5.74) is 4.62. The van der Waals surface area contributed by atoms with Crippen LogP contribution in [-0.2, 0) is 11.2 Å². The van der Waals surface area contributed by atoms with Crippen LogP contribution in [0.25, 0.3) is 5.95 Å². The van der Waals surface area contributed by atoms with Crippen LogP contribution in [0.2, 0.25) is 0 Å². The van der Waals surface area contributed by atoms with E-state index in [4.69, 9.17) is 0 Å². The van der Waals surface area contributed by atoms with Gasteiger partial charge in [0.25, 0.3) is 5.95 Å². The summed E-state index contributed by atoms with van der Waals surface area (Å²) < 4.78 is 1.77. The lowest BCUT2D eigenvalue weighted by atomic mass is 10.0. The molecule has 0 atom stereocenters. The first-order valence-electron chi connectivity index (χ1n) is 10.3. The van der Waals surface area contributed by atoms with E-state index in [9.17, 15) is 4.79 Å². The van der Waals surface area contributed by atoms with Crippen LogP contribution in [-0.4, -0.2) is 56.2 Å². The number of piperidine rings is 1. The Bertz CT molecular complexity index is 824. The monoisotopic (exact) mass is 420 g/mol. The first-order chi connectivity index (χ1) is 13.4. The number of nitrogens with zero attached hydrogens (tertiary/aromatic N) is 5. The van der Waals surface area contributed by atoms with Gasteiger partial charge in [-0.1, -0.05) is 6.92 Å². The largest absolute Gasteiger partial charge is 0.339 e. The summed E-state index contributed by atoms with van der Waals surface area (Å²) in [6, 6.07) is 2.29. The second-order valence-corrected chi connectivity index (χ2v) is 7.76.